The Morgan fingerprint density at radius 3 is 2.43 bits per heavy atom. The van der Waals surface area contributed by atoms with Gasteiger partial charge in [0.2, 0.25) is 12.7 Å². The van der Waals surface area contributed by atoms with E-state index in [9.17, 15) is 14.4 Å². The van der Waals surface area contributed by atoms with Crippen LogP contribution in [0, 0.1) is 0 Å². The molecule has 0 bridgehead atoms. The number of ether oxygens (including phenoxy) is 2. The summed E-state index contributed by atoms with van der Waals surface area (Å²) in [7, 11) is 0. The number of likely N-dealkylation sites (tertiary alicyclic amines) is 1. The average Bonchev–Trinajstić information content (AvgIpc) is 3.60. The smallest absolute Gasteiger partial charge is 0.321 e. The number of urea groups is 1. The minimum absolute atomic E-state index is 0.0509. The Balaban J connectivity index is 1.11. The van der Waals surface area contributed by atoms with Crippen molar-refractivity contribution in [2.24, 2.45) is 0 Å². The molecule has 0 radical (unpaired) electrons. The van der Waals surface area contributed by atoms with Gasteiger partial charge >= 0.3 is 6.03 Å². The Labute approximate surface area is 248 Å². The number of fused-ring (bicyclic) bond motifs is 1. The van der Waals surface area contributed by atoms with Crippen LogP contribution < -0.4 is 25.0 Å². The van der Waals surface area contributed by atoms with E-state index >= 15 is 0 Å². The largest absolute Gasteiger partial charge is 0.454 e. The third-order valence-corrected chi connectivity index (χ3v) is 8.81. The maximum atomic E-state index is 14.0. The van der Waals surface area contributed by atoms with Crippen molar-refractivity contribution in [3.8, 4) is 11.5 Å². The molecule has 0 atom stereocenters. The summed E-state index contributed by atoms with van der Waals surface area (Å²) in [5.74, 6) is 1.02. The quantitative estimate of drug-likeness (QED) is 0.401. The van der Waals surface area contributed by atoms with Crippen molar-refractivity contribution in [2.45, 2.75) is 29.8 Å². The zero-order chi connectivity index (χ0) is 29.1. The molecule has 10 nitrogen and oxygen atoms in total. The molecule has 3 aliphatic heterocycles. The van der Waals surface area contributed by atoms with Crippen molar-refractivity contribution in [1.29, 1.82) is 0 Å². The second-order valence-corrected chi connectivity index (χ2v) is 11.4. The fourth-order valence-corrected chi connectivity index (χ4v) is 6.17. The first-order chi connectivity index (χ1) is 20.4. The van der Waals surface area contributed by atoms with Gasteiger partial charge in [-0.15, -0.1) is 11.8 Å². The fraction of sp³-hybridized carbons (Fsp3) is 0.323. The molecular formula is C31H33N5O5S. The van der Waals surface area contributed by atoms with Gasteiger partial charge in [0.15, 0.2) is 11.5 Å². The number of amides is 4. The van der Waals surface area contributed by atoms with E-state index in [0.717, 1.165) is 21.8 Å². The topological polar surface area (TPSA) is 103 Å². The first-order valence-electron chi connectivity index (χ1n) is 13.9. The molecule has 0 aromatic heterocycles. The van der Waals surface area contributed by atoms with Gasteiger partial charge < -0.3 is 34.8 Å². The SMILES string of the molecule is CSc1ccc(NC(=O)N2CCC3(CC2)C(=O)N(CC(=O)NCc2ccc4c(c2)OCO4)CN3c2ccccc2)cc1. The van der Waals surface area contributed by atoms with E-state index in [1.54, 1.807) is 21.6 Å². The lowest BCUT2D eigenvalue weighted by atomic mass is 9.85. The maximum Gasteiger partial charge on any atom is 0.321 e. The van der Waals surface area contributed by atoms with Crippen molar-refractivity contribution in [3.63, 3.8) is 0 Å². The molecule has 0 saturated carbocycles. The lowest BCUT2D eigenvalue weighted by molar-refractivity contribution is -0.137. The standard InChI is InChI=1S/C31H33N5O5S/c1-42-25-10-8-23(9-11-25)33-30(39)34-15-13-31(14-16-34)29(38)35(20-36(31)24-5-3-2-4-6-24)19-28(37)32-18-22-7-12-26-27(17-22)41-21-40-26/h2-12,17H,13-16,18-21H2,1H3,(H,32,37)(H,33,39). The van der Waals surface area contributed by atoms with Gasteiger partial charge in [-0.25, -0.2) is 4.79 Å². The normalized spacial score (nSPS) is 17.1. The molecule has 3 aromatic carbocycles. The predicted molar refractivity (Wildman–Crippen MR) is 161 cm³/mol. The summed E-state index contributed by atoms with van der Waals surface area (Å²) in [5.41, 5.74) is 1.71. The van der Waals surface area contributed by atoms with Crippen LogP contribution in [-0.2, 0) is 16.1 Å². The van der Waals surface area contributed by atoms with Crippen LogP contribution in [0.5, 0.6) is 11.5 Å². The number of carbonyl (C=O) groups is 3. The van der Waals surface area contributed by atoms with Crippen molar-refractivity contribution in [3.05, 3.63) is 78.4 Å². The summed E-state index contributed by atoms with van der Waals surface area (Å²) < 4.78 is 10.8. The number of nitrogens with zero attached hydrogens (tertiary/aromatic N) is 3. The molecule has 1 spiro atoms. The highest BCUT2D eigenvalue weighted by atomic mass is 32.2. The Morgan fingerprint density at radius 1 is 0.952 bits per heavy atom. The fourth-order valence-electron chi connectivity index (χ4n) is 5.76. The molecule has 2 fully saturated rings. The van der Waals surface area contributed by atoms with Gasteiger partial charge in [0.05, 0.1) is 6.67 Å². The van der Waals surface area contributed by atoms with E-state index < -0.39 is 5.54 Å². The number of hydrogen-bond donors (Lipinski definition) is 2. The Morgan fingerprint density at radius 2 is 1.69 bits per heavy atom. The van der Waals surface area contributed by atoms with Crippen molar-refractivity contribution in [1.82, 2.24) is 15.1 Å². The van der Waals surface area contributed by atoms with Gasteiger partial charge in [-0.05, 0) is 73.2 Å². The highest BCUT2D eigenvalue weighted by Gasteiger charge is 2.54. The Kier molecular flexibility index (Phi) is 7.84. The maximum absolute atomic E-state index is 14.0. The van der Waals surface area contributed by atoms with E-state index in [0.29, 0.717) is 50.6 Å². The first kappa shape index (κ1) is 27.8. The van der Waals surface area contributed by atoms with Crippen molar-refractivity contribution < 1.29 is 23.9 Å². The summed E-state index contributed by atoms with van der Waals surface area (Å²) in [6, 6.07) is 22.9. The summed E-state index contributed by atoms with van der Waals surface area (Å²) in [5, 5.41) is 5.90. The number of thioether (sulfide) groups is 1. The lowest BCUT2D eigenvalue weighted by Crippen LogP contribution is -2.58. The van der Waals surface area contributed by atoms with Gasteiger partial charge in [-0.1, -0.05) is 24.3 Å². The van der Waals surface area contributed by atoms with Gasteiger partial charge in [0, 0.05) is 35.9 Å². The third-order valence-electron chi connectivity index (χ3n) is 8.06. The molecule has 4 amide bonds. The molecule has 0 unspecified atom stereocenters. The summed E-state index contributed by atoms with van der Waals surface area (Å²) >= 11 is 1.65. The van der Waals surface area contributed by atoms with Crippen LogP contribution in [0.25, 0.3) is 0 Å². The van der Waals surface area contributed by atoms with Gasteiger partial charge in [0.25, 0.3) is 5.91 Å². The van der Waals surface area contributed by atoms with E-state index in [4.69, 9.17) is 9.47 Å². The molecule has 3 aliphatic rings. The number of carbonyl (C=O) groups excluding carboxylic acids is 3. The molecule has 218 valence electrons. The number of benzene rings is 3. The molecule has 2 N–H and O–H groups in total. The van der Waals surface area contributed by atoms with Crippen molar-refractivity contribution >= 4 is 41.0 Å². The average molecular weight is 588 g/mol. The molecule has 3 heterocycles. The van der Waals surface area contributed by atoms with Crippen LogP contribution in [0.1, 0.15) is 18.4 Å². The third kappa shape index (κ3) is 5.56. The van der Waals surface area contributed by atoms with E-state index in [-0.39, 0.29) is 31.2 Å². The van der Waals surface area contributed by atoms with Crippen LogP contribution in [0.2, 0.25) is 0 Å². The summed E-state index contributed by atoms with van der Waals surface area (Å²) in [6.07, 6.45) is 2.94. The zero-order valence-electron chi connectivity index (χ0n) is 23.4. The number of hydrogen-bond acceptors (Lipinski definition) is 7. The molecule has 11 heteroatoms. The molecule has 2 saturated heterocycles. The predicted octanol–water partition coefficient (Wildman–Crippen LogP) is 4.13. The number of nitrogens with one attached hydrogen (secondary N) is 2. The van der Waals surface area contributed by atoms with Gasteiger partial charge in [0.1, 0.15) is 12.1 Å². The number of para-hydroxylation sites is 1. The zero-order valence-corrected chi connectivity index (χ0v) is 24.2. The summed E-state index contributed by atoms with van der Waals surface area (Å²) in [4.78, 5) is 46.6. The van der Waals surface area contributed by atoms with E-state index in [2.05, 4.69) is 15.5 Å². The van der Waals surface area contributed by atoms with Crippen LogP contribution >= 0.6 is 11.8 Å². The van der Waals surface area contributed by atoms with Gasteiger partial charge in [-0.2, -0.15) is 0 Å². The highest BCUT2D eigenvalue weighted by molar-refractivity contribution is 7.98. The number of rotatable bonds is 7. The molecule has 3 aromatic rings. The van der Waals surface area contributed by atoms with E-state index in [1.165, 1.54) is 0 Å². The van der Waals surface area contributed by atoms with Crippen LogP contribution in [-0.4, -0.2) is 72.5 Å². The highest BCUT2D eigenvalue weighted by Crippen LogP contribution is 2.39. The van der Waals surface area contributed by atoms with Crippen LogP contribution in [0.15, 0.2) is 77.7 Å². The van der Waals surface area contributed by atoms with Crippen LogP contribution in [0.3, 0.4) is 0 Å². The first-order valence-corrected chi connectivity index (χ1v) is 15.1. The van der Waals surface area contributed by atoms with Crippen LogP contribution in [0.4, 0.5) is 16.2 Å². The second-order valence-electron chi connectivity index (χ2n) is 10.5. The monoisotopic (exact) mass is 587 g/mol. The molecule has 0 aliphatic carbocycles. The van der Waals surface area contributed by atoms with Crippen molar-refractivity contribution in [2.75, 3.05) is 49.6 Å². The molecular weight excluding hydrogens is 554 g/mol. The Hall–Kier alpha value is -4.38. The minimum atomic E-state index is -0.824. The number of piperidine rings is 1. The second kappa shape index (κ2) is 11.8. The number of anilines is 2. The summed E-state index contributed by atoms with van der Waals surface area (Å²) in [6.45, 7) is 1.60. The van der Waals surface area contributed by atoms with E-state index in [1.807, 2.05) is 79.1 Å². The van der Waals surface area contributed by atoms with Gasteiger partial charge in [-0.3, -0.25) is 9.59 Å². The lowest BCUT2D eigenvalue weighted by Gasteiger charge is -2.43. The molecule has 6 rings (SSSR count). The minimum Gasteiger partial charge on any atom is -0.454 e. The molecule has 42 heavy (non-hydrogen) atoms. The Bertz CT molecular complexity index is 1460.